The van der Waals surface area contributed by atoms with Crippen LogP contribution in [0.1, 0.15) is 6.42 Å². The van der Waals surface area contributed by atoms with E-state index in [-0.39, 0.29) is 11.6 Å². The topological polar surface area (TPSA) is 34.1 Å². The van der Waals surface area contributed by atoms with E-state index in [0.717, 1.165) is 22.7 Å². The first kappa shape index (κ1) is 6.85. The van der Waals surface area contributed by atoms with E-state index in [1.54, 1.807) is 17.8 Å². The monoisotopic (exact) mass is 166 g/mol. The average molecular weight is 166 g/mol. The lowest BCUT2D eigenvalue weighted by molar-refractivity contribution is -0.131. The summed E-state index contributed by atoms with van der Waals surface area (Å²) in [7, 11) is 0. The van der Waals surface area contributed by atoms with Gasteiger partial charge in [-0.2, -0.15) is 0 Å². The Morgan fingerprint density at radius 2 is 2.09 bits per heavy atom. The van der Waals surface area contributed by atoms with Crippen LogP contribution >= 0.6 is 11.8 Å². The SMILES string of the molecule is O=C1C=CC2=C(CCS2)C1=O. The first-order valence-electron chi connectivity index (χ1n) is 3.42. The lowest BCUT2D eigenvalue weighted by atomic mass is 10.0. The molecule has 2 aliphatic rings. The van der Waals surface area contributed by atoms with Crippen molar-refractivity contribution in [1.82, 2.24) is 0 Å². The zero-order valence-corrected chi connectivity index (χ0v) is 6.61. The van der Waals surface area contributed by atoms with Crippen molar-refractivity contribution >= 4 is 23.3 Å². The second kappa shape index (κ2) is 2.34. The number of carbonyl (C=O) groups excluding carboxylic acids is 2. The minimum absolute atomic E-state index is 0.299. The Morgan fingerprint density at radius 3 is 2.91 bits per heavy atom. The molecule has 0 saturated carbocycles. The molecule has 56 valence electrons. The fourth-order valence-corrected chi connectivity index (χ4v) is 2.28. The Balaban J connectivity index is 2.45. The van der Waals surface area contributed by atoms with Gasteiger partial charge in [0.05, 0.1) is 0 Å². The molecule has 0 fully saturated rings. The molecule has 1 aliphatic carbocycles. The van der Waals surface area contributed by atoms with E-state index >= 15 is 0 Å². The Hall–Kier alpha value is -0.830. The molecule has 0 aromatic rings. The predicted octanol–water partition coefficient (Wildman–Crippen LogP) is 1.09. The molecular formula is C8H6O2S. The maximum Gasteiger partial charge on any atom is 0.230 e. The molecule has 2 rings (SSSR count). The van der Waals surface area contributed by atoms with Crippen LogP contribution in [0.4, 0.5) is 0 Å². The van der Waals surface area contributed by atoms with Gasteiger partial charge in [0.15, 0.2) is 0 Å². The second-order valence-corrected chi connectivity index (χ2v) is 3.60. The maximum absolute atomic E-state index is 11.1. The minimum atomic E-state index is -0.369. The minimum Gasteiger partial charge on any atom is -0.286 e. The number of thioether (sulfide) groups is 1. The highest BCUT2D eigenvalue weighted by molar-refractivity contribution is 8.03. The molecule has 0 radical (unpaired) electrons. The number of Topliss-reactive ketones (excluding diaryl/α,β-unsaturated/α-hetero) is 1. The van der Waals surface area contributed by atoms with Gasteiger partial charge in [0, 0.05) is 16.2 Å². The lowest BCUT2D eigenvalue weighted by Gasteiger charge is -2.03. The lowest BCUT2D eigenvalue weighted by Crippen LogP contribution is -2.16. The van der Waals surface area contributed by atoms with Crippen LogP contribution in [-0.4, -0.2) is 17.3 Å². The summed E-state index contributed by atoms with van der Waals surface area (Å²) in [5.74, 6) is 0.271. The normalized spacial score (nSPS) is 22.9. The highest BCUT2D eigenvalue weighted by Crippen LogP contribution is 2.34. The van der Waals surface area contributed by atoms with Crippen LogP contribution < -0.4 is 0 Å². The summed E-state index contributed by atoms with van der Waals surface area (Å²) < 4.78 is 0. The molecule has 0 aromatic carbocycles. The Kier molecular flexibility index (Phi) is 1.46. The van der Waals surface area contributed by atoms with Crippen molar-refractivity contribution in [2.24, 2.45) is 0 Å². The van der Waals surface area contributed by atoms with Crippen LogP contribution in [0.3, 0.4) is 0 Å². The fraction of sp³-hybridized carbons (Fsp3) is 0.250. The molecule has 0 unspecified atom stereocenters. The number of ketones is 2. The summed E-state index contributed by atoms with van der Waals surface area (Å²) in [6, 6.07) is 0. The standard InChI is InChI=1S/C8H6O2S/c9-6-1-2-7-5(8(6)10)3-4-11-7/h1-2H,3-4H2. The third kappa shape index (κ3) is 0.959. The Labute approximate surface area is 68.3 Å². The zero-order chi connectivity index (χ0) is 7.84. The number of hydrogen-bond donors (Lipinski definition) is 0. The van der Waals surface area contributed by atoms with Gasteiger partial charge in [-0.25, -0.2) is 0 Å². The summed E-state index contributed by atoms with van der Waals surface area (Å²) in [5, 5.41) is 0. The average Bonchev–Trinajstić information content (AvgIpc) is 2.45. The van der Waals surface area contributed by atoms with E-state index in [0.29, 0.717) is 0 Å². The van der Waals surface area contributed by atoms with E-state index in [1.807, 2.05) is 0 Å². The summed E-state index contributed by atoms with van der Waals surface area (Å²) in [5.41, 5.74) is 0.725. The molecule has 0 aromatic heterocycles. The van der Waals surface area contributed by atoms with Crippen LogP contribution in [0.5, 0.6) is 0 Å². The molecule has 0 spiro atoms. The van der Waals surface area contributed by atoms with E-state index in [1.165, 1.54) is 6.08 Å². The second-order valence-electron chi connectivity index (χ2n) is 2.47. The van der Waals surface area contributed by atoms with Crippen LogP contribution in [0.25, 0.3) is 0 Å². The van der Waals surface area contributed by atoms with Gasteiger partial charge in [-0.1, -0.05) is 0 Å². The summed E-state index contributed by atoms with van der Waals surface area (Å²) in [4.78, 5) is 23.0. The number of allylic oxidation sites excluding steroid dienone is 3. The van der Waals surface area contributed by atoms with Gasteiger partial charge >= 0.3 is 0 Å². The van der Waals surface area contributed by atoms with Crippen molar-refractivity contribution in [3.05, 3.63) is 22.6 Å². The van der Waals surface area contributed by atoms with Crippen molar-refractivity contribution in [1.29, 1.82) is 0 Å². The molecule has 3 heteroatoms. The molecule has 2 nitrogen and oxygen atoms in total. The first-order chi connectivity index (χ1) is 5.29. The quantitative estimate of drug-likeness (QED) is 0.399. The first-order valence-corrected chi connectivity index (χ1v) is 4.40. The van der Waals surface area contributed by atoms with Gasteiger partial charge in [-0.15, -0.1) is 11.8 Å². The van der Waals surface area contributed by atoms with E-state index in [4.69, 9.17) is 0 Å². The Bertz CT molecular complexity index is 299. The fourth-order valence-electron chi connectivity index (χ4n) is 1.22. The van der Waals surface area contributed by atoms with Gasteiger partial charge < -0.3 is 0 Å². The highest BCUT2D eigenvalue weighted by atomic mass is 32.2. The maximum atomic E-state index is 11.1. The van der Waals surface area contributed by atoms with Crippen molar-refractivity contribution in [2.75, 3.05) is 5.75 Å². The van der Waals surface area contributed by atoms with Crippen LogP contribution in [0.15, 0.2) is 22.6 Å². The van der Waals surface area contributed by atoms with Crippen molar-refractivity contribution in [3.8, 4) is 0 Å². The summed E-state index contributed by atoms with van der Waals surface area (Å²) in [6.07, 6.45) is 3.87. The number of hydrogen-bond acceptors (Lipinski definition) is 3. The van der Waals surface area contributed by atoms with E-state index in [9.17, 15) is 9.59 Å². The molecule has 0 saturated heterocycles. The molecule has 0 bridgehead atoms. The molecule has 0 atom stereocenters. The van der Waals surface area contributed by atoms with E-state index in [2.05, 4.69) is 0 Å². The van der Waals surface area contributed by atoms with Gasteiger partial charge in [0.2, 0.25) is 11.6 Å². The van der Waals surface area contributed by atoms with Crippen molar-refractivity contribution in [2.45, 2.75) is 6.42 Å². The highest BCUT2D eigenvalue weighted by Gasteiger charge is 2.26. The van der Waals surface area contributed by atoms with Gasteiger partial charge in [-0.05, 0) is 18.6 Å². The van der Waals surface area contributed by atoms with Crippen LogP contribution in [0, 0.1) is 0 Å². The molecule has 0 amide bonds. The number of carbonyl (C=O) groups is 2. The van der Waals surface area contributed by atoms with E-state index < -0.39 is 0 Å². The van der Waals surface area contributed by atoms with Crippen molar-refractivity contribution < 1.29 is 9.59 Å². The summed E-state index contributed by atoms with van der Waals surface area (Å²) >= 11 is 1.65. The van der Waals surface area contributed by atoms with Gasteiger partial charge in [0.1, 0.15) is 0 Å². The smallest absolute Gasteiger partial charge is 0.230 e. The third-order valence-electron chi connectivity index (χ3n) is 1.79. The molecule has 0 N–H and O–H groups in total. The molecule has 11 heavy (non-hydrogen) atoms. The van der Waals surface area contributed by atoms with Crippen LogP contribution in [0.2, 0.25) is 0 Å². The van der Waals surface area contributed by atoms with Gasteiger partial charge in [0.25, 0.3) is 0 Å². The predicted molar refractivity (Wildman–Crippen MR) is 43.3 cm³/mol. The molecular weight excluding hydrogens is 160 g/mol. The van der Waals surface area contributed by atoms with Crippen LogP contribution in [-0.2, 0) is 9.59 Å². The Morgan fingerprint density at radius 1 is 1.27 bits per heavy atom. The number of rotatable bonds is 0. The molecule has 1 heterocycles. The largest absolute Gasteiger partial charge is 0.286 e. The zero-order valence-electron chi connectivity index (χ0n) is 5.79. The van der Waals surface area contributed by atoms with Crippen molar-refractivity contribution in [3.63, 3.8) is 0 Å². The summed E-state index contributed by atoms with van der Waals surface area (Å²) in [6.45, 7) is 0. The third-order valence-corrected chi connectivity index (χ3v) is 2.89. The molecule has 1 aliphatic heterocycles. The van der Waals surface area contributed by atoms with Gasteiger partial charge in [-0.3, -0.25) is 9.59 Å².